The minimum atomic E-state index is 0.0281. The number of aromatic nitrogens is 3. The lowest BCUT2D eigenvalue weighted by atomic mass is 9.98. The van der Waals surface area contributed by atoms with Gasteiger partial charge in [0.15, 0.2) is 11.0 Å². The van der Waals surface area contributed by atoms with Gasteiger partial charge in [0.25, 0.3) is 5.91 Å². The van der Waals surface area contributed by atoms with Gasteiger partial charge in [0.1, 0.15) is 4.88 Å². The third-order valence-corrected chi connectivity index (χ3v) is 5.44. The smallest absolute Gasteiger partial charge is 0.265 e. The molecule has 3 heterocycles. The summed E-state index contributed by atoms with van der Waals surface area (Å²) in [5, 5.41) is 7.75. The van der Waals surface area contributed by atoms with Gasteiger partial charge in [-0.1, -0.05) is 16.5 Å². The van der Waals surface area contributed by atoms with E-state index >= 15 is 0 Å². The molecule has 2 aromatic heterocycles. The first-order valence-electron chi connectivity index (χ1n) is 8.38. The molecule has 0 unspecified atom stereocenters. The normalized spacial score (nSPS) is 17.7. The van der Waals surface area contributed by atoms with Crippen molar-refractivity contribution in [1.29, 1.82) is 0 Å². The molecule has 1 saturated heterocycles. The third kappa shape index (κ3) is 3.98. The molecule has 136 valence electrons. The molecule has 0 bridgehead atoms. The third-order valence-electron chi connectivity index (χ3n) is 4.28. The summed E-state index contributed by atoms with van der Waals surface area (Å²) in [4.78, 5) is 24.2. The van der Waals surface area contributed by atoms with Gasteiger partial charge >= 0.3 is 0 Å². The highest BCUT2D eigenvalue weighted by molar-refractivity contribution is 7.17. The number of hydrogen-bond acceptors (Lipinski definition) is 8. The average molecular weight is 365 g/mol. The zero-order chi connectivity index (χ0) is 17.8. The monoisotopic (exact) mass is 365 g/mol. The van der Waals surface area contributed by atoms with Crippen molar-refractivity contribution in [2.24, 2.45) is 0 Å². The van der Waals surface area contributed by atoms with Crippen molar-refractivity contribution in [3.8, 4) is 0 Å². The number of nitrogens with zero attached hydrogens (tertiary/aromatic N) is 4. The van der Waals surface area contributed by atoms with Crippen molar-refractivity contribution in [2.75, 3.05) is 39.2 Å². The second kappa shape index (κ2) is 7.92. The van der Waals surface area contributed by atoms with E-state index in [1.54, 1.807) is 14.2 Å². The van der Waals surface area contributed by atoms with Crippen LogP contribution in [0.4, 0.5) is 5.13 Å². The summed E-state index contributed by atoms with van der Waals surface area (Å²) < 4.78 is 10.4. The topological polar surface area (TPSA) is 93.4 Å². The van der Waals surface area contributed by atoms with Gasteiger partial charge in [-0.3, -0.25) is 4.79 Å². The number of aryl methyl sites for hydroxylation is 1. The molecule has 25 heavy (non-hydrogen) atoms. The molecule has 0 aromatic carbocycles. The molecule has 9 heteroatoms. The maximum absolute atomic E-state index is 12.9. The number of carbonyl (C=O) groups excluding carboxylic acids is 1. The van der Waals surface area contributed by atoms with Gasteiger partial charge in [-0.15, -0.1) is 0 Å². The van der Waals surface area contributed by atoms with Crippen molar-refractivity contribution >= 4 is 22.4 Å². The van der Waals surface area contributed by atoms with Gasteiger partial charge in [0.2, 0.25) is 5.89 Å². The second-order valence-electron chi connectivity index (χ2n) is 6.07. The standard InChI is InChI=1S/C16H23N5O3S/c1-10-13(25-16(17-2)18-10)15(22)21-7-4-5-11(9-21)14-19-12(20-24-14)6-8-23-3/h11H,4-9H2,1-3H3,(H,17,18)/t11-/m0/s1. The fourth-order valence-electron chi connectivity index (χ4n) is 2.94. The Labute approximate surface area is 150 Å². The highest BCUT2D eigenvalue weighted by atomic mass is 32.1. The van der Waals surface area contributed by atoms with Gasteiger partial charge in [-0.2, -0.15) is 4.98 Å². The molecule has 8 nitrogen and oxygen atoms in total. The zero-order valence-corrected chi connectivity index (χ0v) is 15.6. The predicted octanol–water partition coefficient (Wildman–Crippen LogP) is 2.08. The van der Waals surface area contributed by atoms with Crippen LogP contribution in [0.1, 0.15) is 45.8 Å². The highest BCUT2D eigenvalue weighted by Gasteiger charge is 2.30. The van der Waals surface area contributed by atoms with Crippen LogP contribution in [0.3, 0.4) is 0 Å². The SMILES string of the molecule is CNc1nc(C)c(C(=O)N2CCC[C@H](c3nc(CCOC)no3)C2)s1. The summed E-state index contributed by atoms with van der Waals surface area (Å²) in [6.45, 7) is 3.77. The summed E-state index contributed by atoms with van der Waals surface area (Å²) in [7, 11) is 3.45. The first-order valence-corrected chi connectivity index (χ1v) is 9.20. The maximum atomic E-state index is 12.9. The summed E-state index contributed by atoms with van der Waals surface area (Å²) in [6, 6.07) is 0. The Morgan fingerprint density at radius 1 is 1.48 bits per heavy atom. The Balaban J connectivity index is 1.69. The van der Waals surface area contributed by atoms with E-state index in [1.807, 2.05) is 11.8 Å². The van der Waals surface area contributed by atoms with Crippen LogP contribution in [-0.2, 0) is 11.2 Å². The van der Waals surface area contributed by atoms with E-state index in [-0.39, 0.29) is 11.8 Å². The van der Waals surface area contributed by atoms with Crippen LogP contribution in [0.5, 0.6) is 0 Å². The number of anilines is 1. The number of nitrogens with one attached hydrogen (secondary N) is 1. The van der Waals surface area contributed by atoms with Gasteiger partial charge in [-0.05, 0) is 19.8 Å². The van der Waals surface area contributed by atoms with Gasteiger partial charge in [-0.25, -0.2) is 4.98 Å². The molecule has 0 aliphatic carbocycles. The van der Waals surface area contributed by atoms with Crippen LogP contribution in [-0.4, -0.2) is 59.8 Å². The molecule has 1 atom stereocenters. The number of ether oxygens (including phenoxy) is 1. The van der Waals surface area contributed by atoms with Crippen LogP contribution in [0.15, 0.2) is 4.52 Å². The van der Waals surface area contributed by atoms with Crippen molar-refractivity contribution in [3.05, 3.63) is 22.3 Å². The van der Waals surface area contributed by atoms with Crippen LogP contribution in [0.2, 0.25) is 0 Å². The van der Waals surface area contributed by atoms with E-state index in [4.69, 9.17) is 9.26 Å². The van der Waals surface area contributed by atoms with Gasteiger partial charge in [0.05, 0.1) is 18.2 Å². The molecule has 2 aromatic rings. The molecule has 1 N–H and O–H groups in total. The largest absolute Gasteiger partial charge is 0.384 e. The predicted molar refractivity (Wildman–Crippen MR) is 94.2 cm³/mol. The first-order chi connectivity index (χ1) is 12.1. The molecule has 1 aliphatic heterocycles. The Hall–Kier alpha value is -2.00. The number of carbonyl (C=O) groups is 1. The highest BCUT2D eigenvalue weighted by Crippen LogP contribution is 2.29. The lowest BCUT2D eigenvalue weighted by molar-refractivity contribution is 0.0699. The Bertz CT molecular complexity index is 729. The molecule has 1 fully saturated rings. The fourth-order valence-corrected chi connectivity index (χ4v) is 3.82. The Kier molecular flexibility index (Phi) is 5.64. The molecule has 1 aliphatic rings. The molecular weight excluding hydrogens is 342 g/mol. The minimum absolute atomic E-state index is 0.0281. The zero-order valence-electron chi connectivity index (χ0n) is 14.7. The van der Waals surface area contributed by atoms with Crippen LogP contribution >= 0.6 is 11.3 Å². The van der Waals surface area contributed by atoms with E-state index in [9.17, 15) is 4.79 Å². The lowest BCUT2D eigenvalue weighted by Gasteiger charge is -2.30. The number of methoxy groups -OCH3 is 1. The Morgan fingerprint density at radius 2 is 2.32 bits per heavy atom. The van der Waals surface area contributed by atoms with E-state index in [0.717, 1.165) is 30.2 Å². The second-order valence-corrected chi connectivity index (χ2v) is 7.06. The van der Waals surface area contributed by atoms with Crippen LogP contribution in [0, 0.1) is 6.92 Å². The van der Waals surface area contributed by atoms with E-state index in [2.05, 4.69) is 20.4 Å². The molecule has 3 rings (SSSR count). The first kappa shape index (κ1) is 17.8. The summed E-state index contributed by atoms with van der Waals surface area (Å²) >= 11 is 1.39. The lowest BCUT2D eigenvalue weighted by Crippen LogP contribution is -2.39. The van der Waals surface area contributed by atoms with Crippen molar-refractivity contribution < 1.29 is 14.1 Å². The van der Waals surface area contributed by atoms with Crippen molar-refractivity contribution in [1.82, 2.24) is 20.0 Å². The van der Waals surface area contributed by atoms with Gasteiger partial charge in [0, 0.05) is 33.7 Å². The number of rotatable bonds is 6. The molecule has 0 radical (unpaired) electrons. The quantitative estimate of drug-likeness (QED) is 0.837. The average Bonchev–Trinajstić information content (AvgIpc) is 3.26. The molecule has 0 spiro atoms. The maximum Gasteiger partial charge on any atom is 0.265 e. The number of piperidine rings is 1. The minimum Gasteiger partial charge on any atom is -0.384 e. The number of hydrogen-bond donors (Lipinski definition) is 1. The van der Waals surface area contributed by atoms with E-state index in [0.29, 0.717) is 36.2 Å². The molecular formula is C16H23N5O3S. The molecule has 0 saturated carbocycles. The summed E-state index contributed by atoms with van der Waals surface area (Å²) in [5.74, 6) is 1.37. The van der Waals surface area contributed by atoms with Crippen molar-refractivity contribution in [3.63, 3.8) is 0 Å². The van der Waals surface area contributed by atoms with Gasteiger partial charge < -0.3 is 19.5 Å². The van der Waals surface area contributed by atoms with Crippen molar-refractivity contribution in [2.45, 2.75) is 32.1 Å². The molecule has 1 amide bonds. The van der Waals surface area contributed by atoms with E-state index < -0.39 is 0 Å². The Morgan fingerprint density at radius 3 is 3.04 bits per heavy atom. The van der Waals surface area contributed by atoms with Crippen LogP contribution < -0.4 is 5.32 Å². The fraction of sp³-hybridized carbons (Fsp3) is 0.625. The number of likely N-dealkylation sites (tertiary alicyclic amines) is 1. The van der Waals surface area contributed by atoms with E-state index in [1.165, 1.54) is 11.3 Å². The van der Waals surface area contributed by atoms with Crippen LogP contribution in [0.25, 0.3) is 0 Å². The number of thiazole rings is 1. The summed E-state index contributed by atoms with van der Waals surface area (Å²) in [6.07, 6.45) is 2.49. The summed E-state index contributed by atoms with van der Waals surface area (Å²) in [5.41, 5.74) is 0.765. The number of amides is 1.